The molecule has 1 aliphatic heterocycles. The largest absolute Gasteiger partial charge is 0.497 e. The summed E-state index contributed by atoms with van der Waals surface area (Å²) in [6.07, 6.45) is 1.41. The predicted octanol–water partition coefficient (Wildman–Crippen LogP) is 1.54. The highest BCUT2D eigenvalue weighted by Crippen LogP contribution is 2.38. The molecule has 1 heterocycles. The number of hydrogen-bond acceptors (Lipinski definition) is 4. The molecular formula is C12H12O5S. The second-order valence-electron chi connectivity index (χ2n) is 4.01. The van der Waals surface area contributed by atoms with Crippen LogP contribution < -0.4 is 4.74 Å². The number of hydrogen-bond donors (Lipinski definition) is 1. The zero-order valence-electron chi connectivity index (χ0n) is 9.88. The monoisotopic (exact) mass is 268 g/mol. The first-order chi connectivity index (χ1) is 8.37. The van der Waals surface area contributed by atoms with Crippen molar-refractivity contribution in [1.82, 2.24) is 0 Å². The van der Waals surface area contributed by atoms with Crippen LogP contribution in [0.25, 0.3) is 6.08 Å². The Labute approximate surface area is 105 Å². The highest BCUT2D eigenvalue weighted by molar-refractivity contribution is 7.95. The van der Waals surface area contributed by atoms with Gasteiger partial charge in [-0.15, -0.1) is 0 Å². The van der Waals surface area contributed by atoms with Gasteiger partial charge in [-0.05, 0) is 36.8 Å². The molecule has 96 valence electrons. The fourth-order valence-electron chi connectivity index (χ4n) is 1.83. The molecule has 5 nitrogen and oxygen atoms in total. The molecule has 0 aromatic heterocycles. The quantitative estimate of drug-likeness (QED) is 0.899. The maximum absolute atomic E-state index is 12.2. The van der Waals surface area contributed by atoms with Crippen molar-refractivity contribution in [3.05, 3.63) is 28.7 Å². The molecule has 2 rings (SSSR count). The lowest BCUT2D eigenvalue weighted by atomic mass is 10.1. The molecule has 1 unspecified atom stereocenters. The third kappa shape index (κ3) is 1.78. The van der Waals surface area contributed by atoms with Gasteiger partial charge < -0.3 is 9.84 Å². The van der Waals surface area contributed by atoms with Gasteiger partial charge in [0.1, 0.15) is 5.75 Å². The van der Waals surface area contributed by atoms with Crippen LogP contribution in [0.15, 0.2) is 28.0 Å². The second kappa shape index (κ2) is 4.13. The molecule has 1 N–H and O–H groups in total. The molecule has 0 fully saturated rings. The SMILES string of the molecule is COc1ccc2c(c1)S(=O)(=O)C(C(C)C(=O)O)=C2. The molecule has 0 saturated heterocycles. The summed E-state index contributed by atoms with van der Waals surface area (Å²) in [6.45, 7) is 1.36. The molecule has 1 aliphatic rings. The minimum Gasteiger partial charge on any atom is -0.497 e. The topological polar surface area (TPSA) is 80.7 Å². The van der Waals surface area contributed by atoms with E-state index < -0.39 is 21.7 Å². The summed E-state index contributed by atoms with van der Waals surface area (Å²) in [6, 6.07) is 4.65. The summed E-state index contributed by atoms with van der Waals surface area (Å²) < 4.78 is 29.4. The average molecular weight is 268 g/mol. The molecule has 0 radical (unpaired) electrons. The minimum atomic E-state index is -3.72. The van der Waals surface area contributed by atoms with Gasteiger partial charge >= 0.3 is 5.97 Å². The molecule has 6 heteroatoms. The number of methoxy groups -OCH3 is 1. The Kier molecular flexibility index (Phi) is 2.90. The molecular weight excluding hydrogens is 256 g/mol. The molecule has 1 atom stereocenters. The lowest BCUT2D eigenvalue weighted by Crippen LogP contribution is -2.16. The van der Waals surface area contributed by atoms with Crippen LogP contribution in [0, 0.1) is 5.92 Å². The Balaban J connectivity index is 2.57. The number of ether oxygens (including phenoxy) is 1. The van der Waals surface area contributed by atoms with Gasteiger partial charge in [0.25, 0.3) is 0 Å². The van der Waals surface area contributed by atoms with Crippen molar-refractivity contribution in [2.45, 2.75) is 11.8 Å². The van der Waals surface area contributed by atoms with Gasteiger partial charge in [-0.3, -0.25) is 4.79 Å². The van der Waals surface area contributed by atoms with E-state index >= 15 is 0 Å². The first kappa shape index (κ1) is 12.6. The lowest BCUT2D eigenvalue weighted by Gasteiger charge is -2.08. The van der Waals surface area contributed by atoms with E-state index in [0.29, 0.717) is 11.3 Å². The summed E-state index contributed by atoms with van der Waals surface area (Å²) in [5, 5.41) is 8.92. The van der Waals surface area contributed by atoms with E-state index in [9.17, 15) is 13.2 Å². The van der Waals surface area contributed by atoms with Crippen LogP contribution in [-0.2, 0) is 14.6 Å². The number of aliphatic carboxylic acids is 1. The zero-order chi connectivity index (χ0) is 13.5. The van der Waals surface area contributed by atoms with Crippen LogP contribution in [0.5, 0.6) is 5.75 Å². The molecule has 0 spiro atoms. The molecule has 1 aromatic carbocycles. The van der Waals surface area contributed by atoms with Gasteiger partial charge in [-0.1, -0.05) is 0 Å². The number of sulfone groups is 1. The fourth-order valence-corrected chi connectivity index (χ4v) is 3.64. The number of carboxylic acids is 1. The van der Waals surface area contributed by atoms with Crippen LogP contribution in [0.2, 0.25) is 0 Å². The summed E-state index contributed by atoms with van der Waals surface area (Å²) in [5.41, 5.74) is 0.499. The maximum atomic E-state index is 12.2. The van der Waals surface area contributed by atoms with Gasteiger partial charge in [-0.2, -0.15) is 0 Å². The Bertz CT molecular complexity index is 642. The second-order valence-corrected chi connectivity index (χ2v) is 5.93. The van der Waals surface area contributed by atoms with Crippen LogP contribution in [0.1, 0.15) is 12.5 Å². The first-order valence-corrected chi connectivity index (χ1v) is 6.73. The Morgan fingerprint density at radius 2 is 2.06 bits per heavy atom. The van der Waals surface area contributed by atoms with E-state index in [1.807, 2.05) is 0 Å². The number of fused-ring (bicyclic) bond motifs is 1. The Morgan fingerprint density at radius 1 is 1.39 bits per heavy atom. The number of rotatable bonds is 3. The van der Waals surface area contributed by atoms with E-state index in [1.165, 1.54) is 26.2 Å². The van der Waals surface area contributed by atoms with Crippen LogP contribution in [0.4, 0.5) is 0 Å². The van der Waals surface area contributed by atoms with Crippen molar-refractivity contribution in [3.63, 3.8) is 0 Å². The molecule has 0 bridgehead atoms. The molecule has 0 amide bonds. The maximum Gasteiger partial charge on any atom is 0.311 e. The highest BCUT2D eigenvalue weighted by Gasteiger charge is 2.35. The van der Waals surface area contributed by atoms with E-state index in [2.05, 4.69) is 0 Å². The van der Waals surface area contributed by atoms with Crippen molar-refractivity contribution >= 4 is 21.9 Å². The first-order valence-electron chi connectivity index (χ1n) is 5.25. The molecule has 18 heavy (non-hydrogen) atoms. The number of carbonyl (C=O) groups is 1. The van der Waals surface area contributed by atoms with E-state index in [1.54, 1.807) is 12.1 Å². The average Bonchev–Trinajstić information content (AvgIpc) is 2.59. The molecule has 0 saturated carbocycles. The Morgan fingerprint density at radius 3 is 2.61 bits per heavy atom. The molecule has 0 aliphatic carbocycles. The van der Waals surface area contributed by atoms with Gasteiger partial charge in [-0.25, -0.2) is 8.42 Å². The van der Waals surface area contributed by atoms with Crippen molar-refractivity contribution in [2.75, 3.05) is 7.11 Å². The minimum absolute atomic E-state index is 0.0850. The van der Waals surface area contributed by atoms with Crippen molar-refractivity contribution in [2.24, 2.45) is 5.92 Å². The smallest absolute Gasteiger partial charge is 0.311 e. The standard InChI is InChI=1S/C12H12O5S/c1-7(12(13)14)10-5-8-3-4-9(17-2)6-11(8)18(10,15)16/h3-7H,1-2H3,(H,13,14). The van der Waals surface area contributed by atoms with Gasteiger partial charge in [0.15, 0.2) is 0 Å². The van der Waals surface area contributed by atoms with Crippen LogP contribution >= 0.6 is 0 Å². The fraction of sp³-hybridized carbons (Fsp3) is 0.250. The van der Waals surface area contributed by atoms with Crippen LogP contribution in [0.3, 0.4) is 0 Å². The lowest BCUT2D eigenvalue weighted by molar-refractivity contribution is -0.139. The highest BCUT2D eigenvalue weighted by atomic mass is 32.2. The summed E-state index contributed by atoms with van der Waals surface area (Å²) in [5.74, 6) is -1.80. The van der Waals surface area contributed by atoms with E-state index in [4.69, 9.17) is 9.84 Å². The summed E-state index contributed by atoms with van der Waals surface area (Å²) in [4.78, 5) is 10.9. The van der Waals surface area contributed by atoms with E-state index in [0.717, 1.165) is 0 Å². The van der Waals surface area contributed by atoms with E-state index in [-0.39, 0.29) is 9.80 Å². The van der Waals surface area contributed by atoms with Crippen molar-refractivity contribution < 1.29 is 23.1 Å². The number of benzene rings is 1. The van der Waals surface area contributed by atoms with Gasteiger partial charge in [0.05, 0.1) is 22.8 Å². The van der Waals surface area contributed by atoms with Crippen molar-refractivity contribution in [1.29, 1.82) is 0 Å². The number of carboxylic acid groups (broad SMARTS) is 1. The Hall–Kier alpha value is -1.82. The van der Waals surface area contributed by atoms with Gasteiger partial charge in [0, 0.05) is 0 Å². The predicted molar refractivity (Wildman–Crippen MR) is 65.0 cm³/mol. The third-order valence-corrected chi connectivity index (χ3v) is 4.94. The molecule has 1 aromatic rings. The van der Waals surface area contributed by atoms with Gasteiger partial charge in [0.2, 0.25) is 9.84 Å². The summed E-state index contributed by atoms with van der Waals surface area (Å²) in [7, 11) is -2.28. The zero-order valence-corrected chi connectivity index (χ0v) is 10.7. The van der Waals surface area contributed by atoms with Crippen molar-refractivity contribution in [3.8, 4) is 5.75 Å². The third-order valence-electron chi connectivity index (χ3n) is 2.92. The normalized spacial score (nSPS) is 17.8. The summed E-state index contributed by atoms with van der Waals surface area (Å²) >= 11 is 0. The van der Waals surface area contributed by atoms with Crippen LogP contribution in [-0.4, -0.2) is 26.6 Å².